The molecule has 0 radical (unpaired) electrons. The molecule has 0 aliphatic carbocycles. The zero-order valence-electron chi connectivity index (χ0n) is 26.8. The minimum absolute atomic E-state index is 0.00185. The van der Waals surface area contributed by atoms with Gasteiger partial charge in [0.2, 0.25) is 11.8 Å². The molecule has 0 spiro atoms. The molecular formula is C34H40N6O5S. The number of anilines is 1. The maximum atomic E-state index is 13.5. The van der Waals surface area contributed by atoms with Crippen molar-refractivity contribution in [3.63, 3.8) is 0 Å². The number of amides is 4. The van der Waals surface area contributed by atoms with Gasteiger partial charge in [0, 0.05) is 31.1 Å². The largest absolute Gasteiger partial charge is 0.391 e. The second-order valence-corrected chi connectivity index (χ2v) is 12.4. The summed E-state index contributed by atoms with van der Waals surface area (Å²) in [6, 6.07) is 14.0. The van der Waals surface area contributed by atoms with Gasteiger partial charge in [-0.05, 0) is 49.9 Å². The van der Waals surface area contributed by atoms with Gasteiger partial charge in [-0.15, -0.1) is 11.3 Å². The van der Waals surface area contributed by atoms with Gasteiger partial charge in [-0.1, -0.05) is 61.9 Å². The number of hydrogen-bond acceptors (Lipinski definition) is 8. The van der Waals surface area contributed by atoms with E-state index in [1.807, 2.05) is 51.1 Å². The predicted octanol–water partition coefficient (Wildman–Crippen LogP) is 3.35. The molecule has 46 heavy (non-hydrogen) atoms. The second kappa shape index (κ2) is 16.5. The first-order valence-corrected chi connectivity index (χ1v) is 15.7. The van der Waals surface area contributed by atoms with Crippen molar-refractivity contribution >= 4 is 40.7 Å². The third kappa shape index (κ3) is 10.1. The molecule has 3 aromatic rings. The Morgan fingerprint density at radius 3 is 2.30 bits per heavy atom. The normalized spacial score (nSPS) is 13.2. The van der Waals surface area contributed by atoms with Crippen LogP contribution >= 0.6 is 11.3 Å². The molecule has 0 saturated heterocycles. The van der Waals surface area contributed by atoms with Gasteiger partial charge in [-0.25, -0.2) is 4.98 Å². The van der Waals surface area contributed by atoms with E-state index in [1.54, 1.807) is 49.7 Å². The highest BCUT2D eigenvalue weighted by molar-refractivity contribution is 7.09. The number of aliphatic hydroxyl groups is 1. The maximum Gasteiger partial charge on any atom is 0.271 e. The van der Waals surface area contributed by atoms with Crippen LogP contribution in [0.5, 0.6) is 0 Å². The fourth-order valence-corrected chi connectivity index (χ4v) is 5.09. The number of benzene rings is 2. The van der Waals surface area contributed by atoms with Gasteiger partial charge in [-0.2, -0.15) is 5.26 Å². The standard InChI is InChI=1S/C34H40N6O5S/c1-20(2)14-26(17-35)34(45)40(6)27-9-7-8-25(15-27)16-28(31(42)36-18-24-12-10-21(3)11-13-24)38-33(44)30(22(4)41)39-32(43)29-19-46-23(5)37-29/h7-15,19-20,22,28,30,41H,16,18H2,1-6H3,(H,36,42)(H,38,44)(H,39,43)/t22-,28+,30+/m1/s1. The van der Waals surface area contributed by atoms with Crippen molar-refractivity contribution in [2.75, 3.05) is 11.9 Å². The summed E-state index contributed by atoms with van der Waals surface area (Å²) in [7, 11) is 1.56. The number of carbonyl (C=O) groups is 4. The number of carbonyl (C=O) groups excluding carboxylic acids is 4. The molecule has 0 bridgehead atoms. The highest BCUT2D eigenvalue weighted by Gasteiger charge is 2.31. The molecule has 3 atom stereocenters. The fraction of sp³-hybridized carbons (Fsp3) is 0.353. The first-order chi connectivity index (χ1) is 21.8. The van der Waals surface area contributed by atoms with E-state index in [2.05, 4.69) is 20.9 Å². The molecule has 1 aromatic heterocycles. The molecule has 0 saturated carbocycles. The first-order valence-electron chi connectivity index (χ1n) is 14.8. The lowest BCUT2D eigenvalue weighted by Gasteiger charge is -2.25. The lowest BCUT2D eigenvalue weighted by Crippen LogP contribution is -2.57. The number of aliphatic hydroxyl groups excluding tert-OH is 1. The Morgan fingerprint density at radius 1 is 1.02 bits per heavy atom. The van der Waals surface area contributed by atoms with Crippen molar-refractivity contribution in [3.8, 4) is 6.07 Å². The van der Waals surface area contributed by atoms with Crippen LogP contribution in [0.25, 0.3) is 0 Å². The zero-order valence-corrected chi connectivity index (χ0v) is 27.6. The third-order valence-corrected chi connectivity index (χ3v) is 7.79. The Balaban J connectivity index is 1.85. The number of nitriles is 1. The summed E-state index contributed by atoms with van der Waals surface area (Å²) in [4.78, 5) is 58.3. The number of allylic oxidation sites excluding steroid dienone is 1. The summed E-state index contributed by atoms with van der Waals surface area (Å²) >= 11 is 1.28. The van der Waals surface area contributed by atoms with Crippen molar-refractivity contribution in [2.24, 2.45) is 5.92 Å². The Labute approximate surface area is 273 Å². The number of aromatic nitrogens is 1. The third-order valence-electron chi connectivity index (χ3n) is 7.02. The minimum atomic E-state index is -1.37. The van der Waals surface area contributed by atoms with Gasteiger partial charge in [0.15, 0.2) is 0 Å². The smallest absolute Gasteiger partial charge is 0.271 e. The van der Waals surface area contributed by atoms with E-state index in [4.69, 9.17) is 0 Å². The molecule has 3 rings (SSSR count). The summed E-state index contributed by atoms with van der Waals surface area (Å²) < 4.78 is 0. The molecule has 0 aliphatic heterocycles. The van der Waals surface area contributed by atoms with E-state index in [1.165, 1.54) is 23.2 Å². The molecule has 1 heterocycles. The van der Waals surface area contributed by atoms with Crippen molar-refractivity contribution in [1.82, 2.24) is 20.9 Å². The average Bonchev–Trinajstić information content (AvgIpc) is 3.47. The Morgan fingerprint density at radius 2 is 1.72 bits per heavy atom. The maximum absolute atomic E-state index is 13.5. The monoisotopic (exact) mass is 644 g/mol. The van der Waals surface area contributed by atoms with E-state index < -0.39 is 41.8 Å². The van der Waals surface area contributed by atoms with Crippen LogP contribution in [-0.2, 0) is 27.3 Å². The summed E-state index contributed by atoms with van der Waals surface area (Å²) in [5.41, 5.74) is 3.18. The van der Waals surface area contributed by atoms with Crippen LogP contribution in [0, 0.1) is 31.1 Å². The fourth-order valence-electron chi connectivity index (χ4n) is 4.49. The SMILES string of the molecule is Cc1ccc(CNC(=O)[C@H](Cc2cccc(N(C)C(=O)C(C#N)=CC(C)C)c2)NC(=O)[C@@H](NC(=O)c2csc(C)n2)[C@@H](C)O)cc1. The van der Waals surface area contributed by atoms with Gasteiger partial charge in [-0.3, -0.25) is 19.2 Å². The minimum Gasteiger partial charge on any atom is -0.391 e. The lowest BCUT2D eigenvalue weighted by atomic mass is 10.0. The Kier molecular flexibility index (Phi) is 12.7. The van der Waals surface area contributed by atoms with Crippen LogP contribution in [0.15, 0.2) is 65.6 Å². The van der Waals surface area contributed by atoms with Gasteiger partial charge < -0.3 is 26.0 Å². The Hall–Kier alpha value is -4.86. The molecule has 4 N–H and O–H groups in total. The lowest BCUT2D eigenvalue weighted by molar-refractivity contribution is -0.131. The molecular weight excluding hydrogens is 604 g/mol. The van der Waals surface area contributed by atoms with Crippen LogP contribution in [0.4, 0.5) is 5.69 Å². The highest BCUT2D eigenvalue weighted by Crippen LogP contribution is 2.19. The summed E-state index contributed by atoms with van der Waals surface area (Å²) in [6.45, 7) is 9.02. The molecule has 11 nitrogen and oxygen atoms in total. The Bertz CT molecular complexity index is 1620. The molecule has 0 fully saturated rings. The van der Waals surface area contributed by atoms with Gasteiger partial charge >= 0.3 is 0 Å². The predicted molar refractivity (Wildman–Crippen MR) is 177 cm³/mol. The van der Waals surface area contributed by atoms with Gasteiger partial charge in [0.05, 0.1) is 11.1 Å². The number of likely N-dealkylation sites (N-methyl/N-ethyl adjacent to an activating group) is 1. The number of aryl methyl sites for hydroxylation is 2. The number of nitrogens with one attached hydrogen (secondary N) is 3. The van der Waals surface area contributed by atoms with Crippen molar-refractivity contribution in [1.29, 1.82) is 5.26 Å². The summed E-state index contributed by atoms with van der Waals surface area (Å²) in [5.74, 6) is -2.34. The first kappa shape index (κ1) is 35.6. The van der Waals surface area contributed by atoms with Crippen LogP contribution < -0.4 is 20.9 Å². The van der Waals surface area contributed by atoms with Crippen LogP contribution in [0.3, 0.4) is 0 Å². The van der Waals surface area contributed by atoms with E-state index in [-0.39, 0.29) is 30.2 Å². The van der Waals surface area contributed by atoms with Crippen molar-refractivity contribution < 1.29 is 24.3 Å². The quantitative estimate of drug-likeness (QED) is 0.164. The number of rotatable bonds is 13. The van der Waals surface area contributed by atoms with Crippen molar-refractivity contribution in [3.05, 3.63) is 93.0 Å². The van der Waals surface area contributed by atoms with Crippen LogP contribution in [-0.4, -0.2) is 59.0 Å². The number of hydrogen-bond donors (Lipinski definition) is 4. The molecule has 4 amide bonds. The molecule has 242 valence electrons. The summed E-state index contributed by atoms with van der Waals surface area (Å²) in [6.07, 6.45) is 0.343. The van der Waals surface area contributed by atoms with E-state index in [0.717, 1.165) is 11.1 Å². The van der Waals surface area contributed by atoms with Crippen LogP contribution in [0.1, 0.15) is 53.0 Å². The topological polar surface area (TPSA) is 165 Å². The molecule has 0 aliphatic rings. The number of nitrogens with zero attached hydrogens (tertiary/aromatic N) is 3. The van der Waals surface area contributed by atoms with Gasteiger partial charge in [0.25, 0.3) is 11.8 Å². The molecule has 0 unspecified atom stereocenters. The average molecular weight is 645 g/mol. The number of thiazole rings is 1. The van der Waals surface area contributed by atoms with Crippen molar-refractivity contribution in [2.45, 2.75) is 65.8 Å². The molecule has 12 heteroatoms. The highest BCUT2D eigenvalue weighted by atomic mass is 32.1. The van der Waals surface area contributed by atoms with E-state index in [9.17, 15) is 29.5 Å². The second-order valence-electron chi connectivity index (χ2n) is 11.4. The summed E-state index contributed by atoms with van der Waals surface area (Å²) in [5, 5.41) is 30.2. The van der Waals surface area contributed by atoms with E-state index in [0.29, 0.717) is 16.3 Å². The van der Waals surface area contributed by atoms with Crippen LogP contribution in [0.2, 0.25) is 0 Å². The van der Waals surface area contributed by atoms with Gasteiger partial charge in [0.1, 0.15) is 29.4 Å². The zero-order chi connectivity index (χ0) is 34.0. The van der Waals surface area contributed by atoms with E-state index >= 15 is 0 Å². The molecule has 2 aromatic carbocycles.